The van der Waals surface area contributed by atoms with Crippen molar-refractivity contribution in [2.24, 2.45) is 5.92 Å². The van der Waals surface area contributed by atoms with E-state index in [9.17, 15) is 4.79 Å². The van der Waals surface area contributed by atoms with Crippen molar-refractivity contribution in [1.29, 1.82) is 0 Å². The van der Waals surface area contributed by atoms with Crippen molar-refractivity contribution < 1.29 is 0 Å². The Morgan fingerprint density at radius 1 is 1.15 bits per heavy atom. The SMILES string of the molecule is CCC(CC)CN1CCCC(n2c(=O)[nH]c3cc(-c4cc(C)c5ncnn5c4)c(C)cc32)C1. The fraction of sp³-hybridized carbons (Fsp3) is 0.500. The van der Waals surface area contributed by atoms with Crippen molar-refractivity contribution in [3.63, 3.8) is 0 Å². The summed E-state index contributed by atoms with van der Waals surface area (Å²) in [6.45, 7) is 12.0. The zero-order valence-electron chi connectivity index (χ0n) is 20.1. The second-order valence-corrected chi connectivity index (χ2v) is 9.66. The van der Waals surface area contributed by atoms with E-state index in [4.69, 9.17) is 0 Å². The summed E-state index contributed by atoms with van der Waals surface area (Å²) in [7, 11) is 0. The van der Waals surface area contributed by atoms with Crippen LogP contribution in [0, 0.1) is 19.8 Å². The van der Waals surface area contributed by atoms with Crippen LogP contribution in [-0.4, -0.2) is 48.7 Å². The molecule has 0 spiro atoms. The van der Waals surface area contributed by atoms with E-state index in [1.165, 1.54) is 12.8 Å². The lowest BCUT2D eigenvalue weighted by Gasteiger charge is -2.35. The third kappa shape index (κ3) is 3.99. The second kappa shape index (κ2) is 8.78. The zero-order valence-corrected chi connectivity index (χ0v) is 20.1. The Morgan fingerprint density at radius 2 is 1.97 bits per heavy atom. The molecule has 0 bridgehead atoms. The Morgan fingerprint density at radius 3 is 2.76 bits per heavy atom. The summed E-state index contributed by atoms with van der Waals surface area (Å²) in [6, 6.07) is 6.64. The number of benzene rings is 1. The molecule has 1 fully saturated rings. The first-order valence-electron chi connectivity index (χ1n) is 12.3. The molecule has 174 valence electrons. The fourth-order valence-corrected chi connectivity index (χ4v) is 5.51. The Bertz CT molecular complexity index is 1340. The first-order chi connectivity index (χ1) is 16.0. The number of H-pyrrole nitrogens is 1. The lowest BCUT2D eigenvalue weighted by atomic mass is 9.98. The Balaban J connectivity index is 1.51. The molecule has 3 aromatic heterocycles. The Kier molecular flexibility index (Phi) is 5.83. The van der Waals surface area contributed by atoms with Crippen LogP contribution < -0.4 is 5.69 Å². The van der Waals surface area contributed by atoms with Gasteiger partial charge < -0.3 is 9.88 Å². The summed E-state index contributed by atoms with van der Waals surface area (Å²) in [5.74, 6) is 0.735. The van der Waals surface area contributed by atoms with Crippen LogP contribution in [-0.2, 0) is 0 Å². The van der Waals surface area contributed by atoms with E-state index in [-0.39, 0.29) is 11.7 Å². The standard InChI is InChI=1S/C26H34N6O/c1-5-19(6-2)13-30-9-7-8-21(15-30)32-24-11-17(3)22(12-23(24)29-26(32)33)20-10-18(4)25-27-16-28-31(25)14-20/h10-12,14,16,19,21H,5-9,13,15H2,1-4H3,(H,29,33). The smallest absolute Gasteiger partial charge is 0.306 e. The lowest BCUT2D eigenvalue weighted by Crippen LogP contribution is -2.41. The predicted molar refractivity (Wildman–Crippen MR) is 133 cm³/mol. The predicted octanol–water partition coefficient (Wildman–Crippen LogP) is 4.73. The molecule has 1 unspecified atom stereocenters. The van der Waals surface area contributed by atoms with E-state index >= 15 is 0 Å². The molecule has 4 heterocycles. The number of aromatic nitrogens is 5. The number of hydrogen-bond acceptors (Lipinski definition) is 4. The zero-order chi connectivity index (χ0) is 23.1. The number of nitrogens with one attached hydrogen (secondary N) is 1. The summed E-state index contributed by atoms with van der Waals surface area (Å²) in [6.07, 6.45) is 8.21. The van der Waals surface area contributed by atoms with Gasteiger partial charge in [-0.15, -0.1) is 0 Å². The van der Waals surface area contributed by atoms with Crippen LogP contribution in [0.3, 0.4) is 0 Å². The molecule has 7 nitrogen and oxygen atoms in total. The molecular weight excluding hydrogens is 412 g/mol. The quantitative estimate of drug-likeness (QED) is 0.465. The molecule has 0 saturated carbocycles. The average Bonchev–Trinajstić information content (AvgIpc) is 3.40. The third-order valence-corrected chi connectivity index (χ3v) is 7.45. The van der Waals surface area contributed by atoms with E-state index in [2.05, 4.69) is 65.9 Å². The molecule has 5 rings (SSSR count). The van der Waals surface area contributed by atoms with E-state index in [1.54, 1.807) is 6.33 Å². The van der Waals surface area contributed by atoms with Crippen molar-refractivity contribution in [2.75, 3.05) is 19.6 Å². The van der Waals surface area contributed by atoms with Gasteiger partial charge in [0.15, 0.2) is 5.65 Å². The highest BCUT2D eigenvalue weighted by Gasteiger charge is 2.26. The molecule has 33 heavy (non-hydrogen) atoms. The average molecular weight is 447 g/mol. The van der Waals surface area contributed by atoms with Crippen LogP contribution in [0.25, 0.3) is 27.8 Å². The maximum atomic E-state index is 13.1. The van der Waals surface area contributed by atoms with E-state index in [1.807, 2.05) is 15.3 Å². The third-order valence-electron chi connectivity index (χ3n) is 7.45. The number of aryl methyl sites for hydroxylation is 2. The molecule has 1 saturated heterocycles. The van der Waals surface area contributed by atoms with Gasteiger partial charge in [-0.05, 0) is 74.0 Å². The van der Waals surface area contributed by atoms with Crippen LogP contribution in [0.2, 0.25) is 0 Å². The first kappa shape index (κ1) is 21.9. The van der Waals surface area contributed by atoms with Gasteiger partial charge >= 0.3 is 5.69 Å². The molecule has 1 atom stereocenters. The largest absolute Gasteiger partial charge is 0.326 e. The molecule has 7 heteroatoms. The molecule has 1 aromatic carbocycles. The highest BCUT2D eigenvalue weighted by Crippen LogP contribution is 2.31. The minimum Gasteiger partial charge on any atom is -0.306 e. The van der Waals surface area contributed by atoms with Gasteiger partial charge in [0.1, 0.15) is 6.33 Å². The molecule has 0 radical (unpaired) electrons. The summed E-state index contributed by atoms with van der Waals surface area (Å²) < 4.78 is 3.83. The number of aromatic amines is 1. The highest BCUT2D eigenvalue weighted by molar-refractivity contribution is 5.84. The summed E-state index contributed by atoms with van der Waals surface area (Å²) in [5, 5.41) is 4.32. The summed E-state index contributed by atoms with van der Waals surface area (Å²) in [5.41, 5.74) is 7.19. The first-order valence-corrected chi connectivity index (χ1v) is 12.3. The number of piperidine rings is 1. The van der Waals surface area contributed by atoms with Gasteiger partial charge in [-0.2, -0.15) is 5.10 Å². The van der Waals surface area contributed by atoms with Crippen LogP contribution in [0.15, 0.2) is 35.5 Å². The van der Waals surface area contributed by atoms with Crippen LogP contribution in [0.1, 0.15) is 56.7 Å². The van der Waals surface area contributed by atoms with Gasteiger partial charge in [-0.3, -0.25) is 4.57 Å². The monoisotopic (exact) mass is 446 g/mol. The van der Waals surface area contributed by atoms with Crippen molar-refractivity contribution in [3.05, 3.63) is 52.3 Å². The van der Waals surface area contributed by atoms with Gasteiger partial charge in [-0.25, -0.2) is 14.3 Å². The maximum absolute atomic E-state index is 13.1. The highest BCUT2D eigenvalue weighted by atomic mass is 16.1. The van der Waals surface area contributed by atoms with E-state index in [0.29, 0.717) is 0 Å². The number of pyridine rings is 1. The molecule has 0 amide bonds. The van der Waals surface area contributed by atoms with E-state index < -0.39 is 0 Å². The Labute approximate surface area is 194 Å². The van der Waals surface area contributed by atoms with Crippen molar-refractivity contribution in [3.8, 4) is 11.1 Å². The van der Waals surface area contributed by atoms with Crippen molar-refractivity contribution in [1.82, 2.24) is 29.0 Å². The van der Waals surface area contributed by atoms with E-state index in [0.717, 1.165) is 77.3 Å². The number of likely N-dealkylation sites (tertiary alicyclic amines) is 1. The van der Waals surface area contributed by atoms with Gasteiger partial charge in [0, 0.05) is 24.8 Å². The van der Waals surface area contributed by atoms with Gasteiger partial charge in [0.25, 0.3) is 0 Å². The molecule has 1 N–H and O–H groups in total. The number of rotatable bonds is 6. The Hall–Kier alpha value is -2.93. The molecule has 0 aliphatic carbocycles. The second-order valence-electron chi connectivity index (χ2n) is 9.66. The number of hydrogen-bond donors (Lipinski definition) is 1. The van der Waals surface area contributed by atoms with Gasteiger partial charge in [0.05, 0.1) is 17.1 Å². The normalized spacial score (nSPS) is 17.5. The topological polar surface area (TPSA) is 71.2 Å². The molecule has 1 aliphatic rings. The molecule has 4 aromatic rings. The summed E-state index contributed by atoms with van der Waals surface area (Å²) in [4.78, 5) is 23.1. The van der Waals surface area contributed by atoms with Crippen LogP contribution in [0.4, 0.5) is 0 Å². The van der Waals surface area contributed by atoms with Crippen LogP contribution in [0.5, 0.6) is 0 Å². The number of fused-ring (bicyclic) bond motifs is 2. The van der Waals surface area contributed by atoms with Crippen LogP contribution >= 0.6 is 0 Å². The number of nitrogens with zero attached hydrogens (tertiary/aromatic N) is 5. The minimum absolute atomic E-state index is 0.00107. The molecular formula is C26H34N6O. The van der Waals surface area contributed by atoms with Crippen molar-refractivity contribution >= 4 is 16.7 Å². The lowest BCUT2D eigenvalue weighted by molar-refractivity contribution is 0.151. The van der Waals surface area contributed by atoms with Gasteiger partial charge in [0.2, 0.25) is 0 Å². The minimum atomic E-state index is -0.00107. The maximum Gasteiger partial charge on any atom is 0.326 e. The summed E-state index contributed by atoms with van der Waals surface area (Å²) >= 11 is 0. The number of imidazole rings is 1. The fourth-order valence-electron chi connectivity index (χ4n) is 5.51. The molecule has 1 aliphatic heterocycles. The van der Waals surface area contributed by atoms with Gasteiger partial charge in [-0.1, -0.05) is 26.7 Å². The van der Waals surface area contributed by atoms with Crippen molar-refractivity contribution in [2.45, 2.75) is 59.4 Å².